The molecule has 4 nitrogen and oxygen atoms in total. The number of aromatic carboxylic acids is 1. The fourth-order valence-corrected chi connectivity index (χ4v) is 2.47. The van der Waals surface area contributed by atoms with Gasteiger partial charge in [-0.15, -0.1) is 0 Å². The molecule has 0 saturated heterocycles. The number of nitrogens with one attached hydrogen (secondary N) is 1. The first-order valence-corrected chi connectivity index (χ1v) is 7.71. The molecule has 0 fully saturated rings. The Morgan fingerprint density at radius 2 is 1.92 bits per heavy atom. The highest BCUT2D eigenvalue weighted by Gasteiger charge is 2.01. The minimum atomic E-state index is -0.910. The van der Waals surface area contributed by atoms with Crippen molar-refractivity contribution in [1.29, 1.82) is 0 Å². The van der Waals surface area contributed by atoms with Gasteiger partial charge in [0.2, 0.25) is 0 Å². The molecule has 24 heavy (non-hydrogen) atoms. The maximum absolute atomic E-state index is 10.9. The monoisotopic (exact) mass is 318 g/mol. The lowest BCUT2D eigenvalue weighted by atomic mass is 10.1. The molecule has 0 spiro atoms. The third-order valence-corrected chi connectivity index (χ3v) is 3.73. The molecule has 0 radical (unpaired) electrons. The van der Waals surface area contributed by atoms with Crippen LogP contribution in [0.25, 0.3) is 17.0 Å². The SMILES string of the molecule is CC(=Cc1ccc(C(=O)O)cc1)CNc1cnc2ccccc2c1. The Bertz CT molecular complexity index is 899. The summed E-state index contributed by atoms with van der Waals surface area (Å²) in [5, 5.41) is 13.4. The van der Waals surface area contributed by atoms with Crippen molar-refractivity contribution in [2.24, 2.45) is 0 Å². The highest BCUT2D eigenvalue weighted by atomic mass is 16.4. The molecule has 1 heterocycles. The van der Waals surface area contributed by atoms with Gasteiger partial charge < -0.3 is 10.4 Å². The minimum Gasteiger partial charge on any atom is -0.478 e. The van der Waals surface area contributed by atoms with Gasteiger partial charge in [0.1, 0.15) is 0 Å². The van der Waals surface area contributed by atoms with Crippen LogP contribution in [0.15, 0.2) is 66.4 Å². The number of fused-ring (bicyclic) bond motifs is 1. The molecule has 3 aromatic rings. The number of pyridine rings is 1. The Kier molecular flexibility index (Phi) is 4.57. The standard InChI is InChI=1S/C20H18N2O2/c1-14(10-15-6-8-16(9-7-15)20(23)24)12-21-18-11-17-4-2-3-5-19(17)22-13-18/h2-11,13,21H,12H2,1H3,(H,23,24). The Hall–Kier alpha value is -3.14. The number of benzene rings is 2. The topological polar surface area (TPSA) is 62.2 Å². The van der Waals surface area contributed by atoms with E-state index in [0.717, 1.165) is 27.7 Å². The van der Waals surface area contributed by atoms with Crippen LogP contribution in [0.4, 0.5) is 5.69 Å². The van der Waals surface area contributed by atoms with E-state index < -0.39 is 5.97 Å². The zero-order chi connectivity index (χ0) is 16.9. The summed E-state index contributed by atoms with van der Waals surface area (Å²) >= 11 is 0. The maximum Gasteiger partial charge on any atom is 0.335 e. The van der Waals surface area contributed by atoms with Gasteiger partial charge in [0.15, 0.2) is 0 Å². The van der Waals surface area contributed by atoms with E-state index in [2.05, 4.69) is 16.4 Å². The Labute approximate surface area is 140 Å². The average molecular weight is 318 g/mol. The van der Waals surface area contributed by atoms with E-state index in [9.17, 15) is 4.79 Å². The van der Waals surface area contributed by atoms with Crippen LogP contribution in [0, 0.1) is 0 Å². The smallest absolute Gasteiger partial charge is 0.335 e. The van der Waals surface area contributed by atoms with E-state index in [1.165, 1.54) is 0 Å². The van der Waals surface area contributed by atoms with Crippen molar-refractivity contribution in [1.82, 2.24) is 4.98 Å². The number of aromatic nitrogens is 1. The Balaban J connectivity index is 1.67. The number of hydrogen-bond acceptors (Lipinski definition) is 3. The van der Waals surface area contributed by atoms with E-state index in [4.69, 9.17) is 5.11 Å². The van der Waals surface area contributed by atoms with Gasteiger partial charge in [-0.3, -0.25) is 4.98 Å². The summed E-state index contributed by atoms with van der Waals surface area (Å²) in [7, 11) is 0. The van der Waals surface area contributed by atoms with E-state index >= 15 is 0 Å². The van der Waals surface area contributed by atoms with Crippen molar-refractivity contribution in [3.05, 3.63) is 77.5 Å². The van der Waals surface area contributed by atoms with Crippen molar-refractivity contribution in [3.8, 4) is 0 Å². The predicted octanol–water partition coefficient (Wildman–Crippen LogP) is 4.45. The lowest BCUT2D eigenvalue weighted by molar-refractivity contribution is 0.0697. The number of hydrogen-bond donors (Lipinski definition) is 2. The largest absolute Gasteiger partial charge is 0.478 e. The second-order valence-electron chi connectivity index (χ2n) is 5.69. The number of carboxylic acid groups (broad SMARTS) is 1. The molecule has 0 unspecified atom stereocenters. The van der Waals surface area contributed by atoms with Crippen LogP contribution in [0.2, 0.25) is 0 Å². The van der Waals surface area contributed by atoms with Crippen LogP contribution in [0.3, 0.4) is 0 Å². The van der Waals surface area contributed by atoms with Gasteiger partial charge >= 0.3 is 5.97 Å². The van der Waals surface area contributed by atoms with Crippen molar-refractivity contribution in [2.75, 3.05) is 11.9 Å². The molecule has 0 atom stereocenters. The van der Waals surface area contributed by atoms with Gasteiger partial charge in [-0.05, 0) is 36.8 Å². The highest BCUT2D eigenvalue weighted by Crippen LogP contribution is 2.16. The van der Waals surface area contributed by atoms with Gasteiger partial charge in [-0.2, -0.15) is 0 Å². The number of anilines is 1. The Morgan fingerprint density at radius 1 is 1.17 bits per heavy atom. The van der Waals surface area contributed by atoms with Crippen LogP contribution in [-0.4, -0.2) is 22.6 Å². The quantitative estimate of drug-likeness (QED) is 0.729. The number of carboxylic acids is 1. The van der Waals surface area contributed by atoms with E-state index in [0.29, 0.717) is 12.1 Å². The molecule has 3 rings (SSSR count). The number of carbonyl (C=O) groups is 1. The molecule has 2 N–H and O–H groups in total. The normalized spacial score (nSPS) is 11.5. The second kappa shape index (κ2) is 6.96. The summed E-state index contributed by atoms with van der Waals surface area (Å²) in [5.74, 6) is -0.910. The number of para-hydroxylation sites is 1. The van der Waals surface area contributed by atoms with Gasteiger partial charge in [0, 0.05) is 11.9 Å². The fourth-order valence-electron chi connectivity index (χ4n) is 2.47. The first-order chi connectivity index (χ1) is 11.6. The molecule has 0 saturated carbocycles. The zero-order valence-electron chi connectivity index (χ0n) is 13.4. The van der Waals surface area contributed by atoms with E-state index in [1.807, 2.05) is 55.6 Å². The molecule has 0 aliphatic rings. The van der Waals surface area contributed by atoms with Crippen molar-refractivity contribution in [3.63, 3.8) is 0 Å². The van der Waals surface area contributed by atoms with Crippen LogP contribution >= 0.6 is 0 Å². The molecular weight excluding hydrogens is 300 g/mol. The summed E-state index contributed by atoms with van der Waals surface area (Å²) in [6.07, 6.45) is 3.87. The molecule has 0 aliphatic carbocycles. The van der Waals surface area contributed by atoms with Crippen molar-refractivity contribution >= 4 is 28.6 Å². The summed E-state index contributed by atoms with van der Waals surface area (Å²) in [6, 6.07) is 16.9. The highest BCUT2D eigenvalue weighted by molar-refractivity contribution is 5.87. The maximum atomic E-state index is 10.9. The van der Waals surface area contributed by atoms with Crippen LogP contribution in [-0.2, 0) is 0 Å². The van der Waals surface area contributed by atoms with Gasteiger partial charge in [-0.25, -0.2) is 4.79 Å². The third kappa shape index (κ3) is 3.79. The van der Waals surface area contributed by atoms with Crippen molar-refractivity contribution in [2.45, 2.75) is 6.92 Å². The Morgan fingerprint density at radius 3 is 2.67 bits per heavy atom. The second-order valence-corrected chi connectivity index (χ2v) is 5.69. The minimum absolute atomic E-state index is 0.296. The lowest BCUT2D eigenvalue weighted by Gasteiger charge is -2.08. The lowest BCUT2D eigenvalue weighted by Crippen LogP contribution is -2.03. The van der Waals surface area contributed by atoms with E-state index in [1.54, 1.807) is 12.1 Å². The average Bonchev–Trinajstić information content (AvgIpc) is 2.60. The predicted molar refractivity (Wildman–Crippen MR) is 97.3 cm³/mol. The first-order valence-electron chi connectivity index (χ1n) is 7.71. The molecule has 1 aromatic heterocycles. The van der Waals surface area contributed by atoms with Gasteiger partial charge in [0.25, 0.3) is 0 Å². The number of nitrogens with zero attached hydrogens (tertiary/aromatic N) is 1. The summed E-state index contributed by atoms with van der Waals surface area (Å²) in [5.41, 5.74) is 4.38. The molecular formula is C20H18N2O2. The molecule has 0 aliphatic heterocycles. The molecule has 0 bridgehead atoms. The van der Waals surface area contributed by atoms with Crippen LogP contribution in [0.5, 0.6) is 0 Å². The van der Waals surface area contributed by atoms with Gasteiger partial charge in [0.05, 0.1) is 23.0 Å². The molecule has 2 aromatic carbocycles. The molecule has 4 heteroatoms. The van der Waals surface area contributed by atoms with E-state index in [-0.39, 0.29) is 0 Å². The summed E-state index contributed by atoms with van der Waals surface area (Å²) in [6.45, 7) is 2.73. The van der Waals surface area contributed by atoms with Crippen LogP contribution < -0.4 is 5.32 Å². The molecule has 0 amide bonds. The third-order valence-electron chi connectivity index (χ3n) is 3.73. The molecule has 120 valence electrons. The summed E-state index contributed by atoms with van der Waals surface area (Å²) in [4.78, 5) is 15.3. The first kappa shape index (κ1) is 15.7. The van der Waals surface area contributed by atoms with Crippen LogP contribution in [0.1, 0.15) is 22.8 Å². The summed E-state index contributed by atoms with van der Waals surface area (Å²) < 4.78 is 0. The number of rotatable bonds is 5. The van der Waals surface area contributed by atoms with Crippen molar-refractivity contribution < 1.29 is 9.90 Å². The fraction of sp³-hybridized carbons (Fsp3) is 0.100. The zero-order valence-corrected chi connectivity index (χ0v) is 13.4. The van der Waals surface area contributed by atoms with Gasteiger partial charge in [-0.1, -0.05) is 42.0 Å².